The largest absolute Gasteiger partial charge is 0.394 e. The highest BCUT2D eigenvalue weighted by Gasteiger charge is 2.50. The molecule has 0 spiro atoms. The van der Waals surface area contributed by atoms with Gasteiger partial charge in [-0.15, -0.1) is 0 Å². The van der Waals surface area contributed by atoms with Crippen molar-refractivity contribution in [2.24, 2.45) is 5.92 Å². The van der Waals surface area contributed by atoms with Crippen LogP contribution in [0, 0.1) is 5.92 Å². The molecular formula is C21H22N5O3+. The summed E-state index contributed by atoms with van der Waals surface area (Å²) in [7, 11) is 1.58. The van der Waals surface area contributed by atoms with Gasteiger partial charge in [-0.3, -0.25) is 9.63 Å². The van der Waals surface area contributed by atoms with Crippen molar-refractivity contribution in [2.75, 3.05) is 13.7 Å². The van der Waals surface area contributed by atoms with Gasteiger partial charge in [0.05, 0.1) is 24.5 Å². The smallest absolute Gasteiger partial charge is 0.272 e. The summed E-state index contributed by atoms with van der Waals surface area (Å²) in [6, 6.07) is 8.96. The zero-order valence-electron chi connectivity index (χ0n) is 16.0. The van der Waals surface area contributed by atoms with E-state index in [1.807, 2.05) is 30.3 Å². The standard InChI is InChI=1S/C21H21N5O3/c1-29-25-8-7-22-18(11-25)26-20-15-9-14(15)10-16(20)19(24-26)21(28)23-17(12-27)13-5-3-2-4-6-13/h2-8,11,14-15,17,27H,9-10,12H2,1H3/p+1/t14-,15-,17+/m0/s1. The fraction of sp³-hybridized carbons (Fsp3) is 0.333. The number of aliphatic hydroxyl groups is 1. The van der Waals surface area contributed by atoms with Crippen molar-refractivity contribution in [3.63, 3.8) is 0 Å². The summed E-state index contributed by atoms with van der Waals surface area (Å²) in [4.78, 5) is 22.7. The van der Waals surface area contributed by atoms with Gasteiger partial charge in [-0.25, -0.2) is 9.67 Å². The van der Waals surface area contributed by atoms with Gasteiger partial charge in [-0.2, -0.15) is 5.10 Å². The van der Waals surface area contributed by atoms with Crippen LogP contribution >= 0.6 is 0 Å². The Morgan fingerprint density at radius 3 is 3.00 bits per heavy atom. The monoisotopic (exact) mass is 392 g/mol. The minimum absolute atomic E-state index is 0.183. The number of nitrogens with one attached hydrogen (secondary N) is 1. The Bertz CT molecular complexity index is 1070. The van der Waals surface area contributed by atoms with Gasteiger partial charge in [0.1, 0.15) is 7.11 Å². The number of nitrogens with zero attached hydrogens (tertiary/aromatic N) is 4. The second-order valence-electron chi connectivity index (χ2n) is 7.51. The summed E-state index contributed by atoms with van der Waals surface area (Å²) in [5, 5.41) is 17.3. The molecule has 2 heterocycles. The van der Waals surface area contributed by atoms with Crippen molar-refractivity contribution in [1.82, 2.24) is 20.1 Å². The molecule has 1 fully saturated rings. The maximum atomic E-state index is 13.1. The average Bonchev–Trinajstić information content (AvgIpc) is 3.27. The average molecular weight is 392 g/mol. The number of hydrogen-bond acceptors (Lipinski definition) is 5. The summed E-state index contributed by atoms with van der Waals surface area (Å²) < 4.78 is 3.32. The Labute approximate surface area is 167 Å². The van der Waals surface area contributed by atoms with Crippen molar-refractivity contribution >= 4 is 5.91 Å². The van der Waals surface area contributed by atoms with Crippen LogP contribution in [0.15, 0.2) is 48.9 Å². The Balaban J connectivity index is 1.49. The molecule has 2 aliphatic rings. The number of aliphatic hydroxyl groups excluding tert-OH is 1. The van der Waals surface area contributed by atoms with Gasteiger partial charge in [0, 0.05) is 16.2 Å². The zero-order valence-corrected chi connectivity index (χ0v) is 16.0. The first-order chi connectivity index (χ1) is 14.2. The van der Waals surface area contributed by atoms with Gasteiger partial charge in [-0.1, -0.05) is 30.3 Å². The molecule has 2 aliphatic carbocycles. The summed E-state index contributed by atoms with van der Waals surface area (Å²) >= 11 is 0. The summed E-state index contributed by atoms with van der Waals surface area (Å²) in [6.45, 7) is -0.183. The number of carbonyl (C=O) groups is 1. The first-order valence-electron chi connectivity index (χ1n) is 9.70. The highest BCUT2D eigenvalue weighted by atomic mass is 16.6. The van der Waals surface area contributed by atoms with Gasteiger partial charge in [0.2, 0.25) is 12.0 Å². The van der Waals surface area contributed by atoms with Gasteiger partial charge < -0.3 is 10.4 Å². The number of fused-ring (bicyclic) bond motifs is 3. The van der Waals surface area contributed by atoms with Crippen LogP contribution in [0.2, 0.25) is 0 Å². The number of amides is 1. The lowest BCUT2D eigenvalue weighted by Crippen LogP contribution is -2.40. The molecule has 0 saturated heterocycles. The molecule has 3 aromatic rings. The molecule has 8 heteroatoms. The van der Waals surface area contributed by atoms with Crippen LogP contribution < -0.4 is 14.9 Å². The van der Waals surface area contributed by atoms with Crippen LogP contribution in [0.4, 0.5) is 0 Å². The van der Waals surface area contributed by atoms with Crippen molar-refractivity contribution in [2.45, 2.75) is 24.8 Å². The molecule has 2 N–H and O–H groups in total. The fourth-order valence-corrected chi connectivity index (χ4v) is 4.21. The predicted molar refractivity (Wildman–Crippen MR) is 102 cm³/mol. The summed E-state index contributed by atoms with van der Waals surface area (Å²) in [5.74, 6) is 1.35. The molecule has 0 unspecified atom stereocenters. The zero-order chi connectivity index (χ0) is 20.0. The molecule has 5 rings (SSSR count). The second-order valence-corrected chi connectivity index (χ2v) is 7.51. The van der Waals surface area contributed by atoms with Crippen LogP contribution in [-0.2, 0) is 6.42 Å². The number of benzene rings is 1. The Morgan fingerprint density at radius 1 is 1.41 bits per heavy atom. The lowest BCUT2D eigenvalue weighted by atomic mass is 10.1. The van der Waals surface area contributed by atoms with Gasteiger partial charge >= 0.3 is 0 Å². The topological polar surface area (TPSA) is 93.2 Å². The number of hydrogen-bond donors (Lipinski definition) is 2. The third-order valence-corrected chi connectivity index (χ3v) is 5.76. The van der Waals surface area contributed by atoms with Crippen LogP contribution in [-0.4, -0.2) is 39.5 Å². The van der Waals surface area contributed by atoms with Crippen molar-refractivity contribution in [3.8, 4) is 5.82 Å². The third kappa shape index (κ3) is 3.05. The molecule has 1 aromatic carbocycles. The van der Waals surface area contributed by atoms with E-state index in [1.165, 1.54) is 0 Å². The van der Waals surface area contributed by atoms with Crippen molar-refractivity contribution in [3.05, 3.63) is 71.4 Å². The third-order valence-electron chi connectivity index (χ3n) is 5.76. The minimum Gasteiger partial charge on any atom is -0.394 e. The van der Waals surface area contributed by atoms with Crippen LogP contribution in [0.25, 0.3) is 5.82 Å². The maximum absolute atomic E-state index is 13.1. The van der Waals surface area contributed by atoms with E-state index in [1.54, 1.807) is 35.1 Å². The molecule has 2 aromatic heterocycles. The van der Waals surface area contributed by atoms with E-state index in [4.69, 9.17) is 4.84 Å². The highest BCUT2D eigenvalue weighted by Crippen LogP contribution is 2.57. The van der Waals surface area contributed by atoms with Crippen LogP contribution in [0.5, 0.6) is 0 Å². The lowest BCUT2D eigenvalue weighted by molar-refractivity contribution is -0.885. The molecule has 3 atom stereocenters. The number of rotatable bonds is 6. The Kier molecular flexibility index (Phi) is 4.28. The molecule has 0 radical (unpaired) electrons. The Morgan fingerprint density at radius 2 is 2.24 bits per heavy atom. The van der Waals surface area contributed by atoms with E-state index < -0.39 is 6.04 Å². The maximum Gasteiger partial charge on any atom is 0.272 e. The van der Waals surface area contributed by atoms with E-state index in [0.29, 0.717) is 23.3 Å². The minimum atomic E-state index is -0.481. The van der Waals surface area contributed by atoms with E-state index in [-0.39, 0.29) is 12.5 Å². The van der Waals surface area contributed by atoms with Crippen LogP contribution in [0.1, 0.15) is 45.7 Å². The molecule has 0 bridgehead atoms. The quantitative estimate of drug-likeness (QED) is 0.604. The molecule has 8 nitrogen and oxygen atoms in total. The highest BCUT2D eigenvalue weighted by molar-refractivity contribution is 5.94. The van der Waals surface area contributed by atoms with E-state index in [2.05, 4.69) is 15.4 Å². The van der Waals surface area contributed by atoms with E-state index in [0.717, 1.165) is 29.7 Å². The van der Waals surface area contributed by atoms with Crippen LogP contribution in [0.3, 0.4) is 0 Å². The first kappa shape index (κ1) is 17.8. The van der Waals surface area contributed by atoms with E-state index in [9.17, 15) is 9.90 Å². The van der Waals surface area contributed by atoms with Crippen molar-refractivity contribution in [1.29, 1.82) is 0 Å². The molecule has 1 saturated carbocycles. The number of aromatic nitrogens is 4. The molecule has 29 heavy (non-hydrogen) atoms. The van der Waals surface area contributed by atoms with Gasteiger partial charge in [0.15, 0.2) is 5.69 Å². The van der Waals surface area contributed by atoms with E-state index >= 15 is 0 Å². The molecule has 0 aliphatic heterocycles. The number of carbonyl (C=O) groups excluding carboxylic acids is 1. The SMILES string of the molecule is CO[n+]1ccnc(-n2nc(C(=O)N[C@H](CO)c3ccccc3)c3c2[C@H]2C[C@H]2C3)c1. The second kappa shape index (κ2) is 6.97. The predicted octanol–water partition coefficient (Wildman–Crippen LogP) is 0.736. The van der Waals surface area contributed by atoms with Gasteiger partial charge in [0.25, 0.3) is 12.1 Å². The molecular weight excluding hydrogens is 370 g/mol. The van der Waals surface area contributed by atoms with Crippen molar-refractivity contribution < 1.29 is 19.5 Å². The first-order valence-corrected chi connectivity index (χ1v) is 9.70. The molecule has 148 valence electrons. The van der Waals surface area contributed by atoms with Gasteiger partial charge in [-0.05, 0) is 24.3 Å². The summed E-state index contributed by atoms with van der Waals surface area (Å²) in [5.41, 5.74) is 3.33. The fourth-order valence-electron chi connectivity index (χ4n) is 4.21. The Hall–Kier alpha value is -3.26. The summed E-state index contributed by atoms with van der Waals surface area (Å²) in [6.07, 6.45) is 7.07. The lowest BCUT2D eigenvalue weighted by Gasteiger charge is -2.16. The normalized spacial score (nSPS) is 19.9. The molecule has 1 amide bonds.